The van der Waals surface area contributed by atoms with Crippen LogP contribution in [0.2, 0.25) is 0 Å². The van der Waals surface area contributed by atoms with E-state index in [9.17, 15) is 23.1 Å². The van der Waals surface area contributed by atoms with Crippen LogP contribution in [0.15, 0.2) is 53.4 Å². The zero-order valence-corrected chi connectivity index (χ0v) is 22.2. The van der Waals surface area contributed by atoms with Crippen molar-refractivity contribution in [2.75, 3.05) is 31.6 Å². The van der Waals surface area contributed by atoms with E-state index >= 15 is 0 Å². The Bertz CT molecular complexity index is 1430. The van der Waals surface area contributed by atoms with Crippen LogP contribution in [0.1, 0.15) is 36.3 Å². The van der Waals surface area contributed by atoms with Crippen LogP contribution < -0.4 is 10.1 Å². The van der Waals surface area contributed by atoms with Crippen LogP contribution in [-0.4, -0.2) is 65.8 Å². The van der Waals surface area contributed by atoms with Gasteiger partial charge < -0.3 is 19.9 Å². The van der Waals surface area contributed by atoms with Crippen molar-refractivity contribution in [2.45, 2.75) is 32.1 Å². The Kier molecular flexibility index (Phi) is 8.14. The van der Waals surface area contributed by atoms with Gasteiger partial charge >= 0.3 is 5.97 Å². The van der Waals surface area contributed by atoms with Crippen LogP contribution >= 0.6 is 0 Å². The normalized spacial score (nSPS) is 15.1. The molecule has 202 valence electrons. The van der Waals surface area contributed by atoms with Gasteiger partial charge in [-0.2, -0.15) is 14.1 Å². The fourth-order valence-electron chi connectivity index (χ4n) is 3.90. The molecule has 4 rings (SSSR count). The van der Waals surface area contributed by atoms with Gasteiger partial charge in [0.15, 0.2) is 5.69 Å². The summed E-state index contributed by atoms with van der Waals surface area (Å²) in [5.41, 5.74) is 0.839. The Balaban J connectivity index is 1.83. The lowest BCUT2D eigenvalue weighted by Crippen LogP contribution is -2.40. The van der Waals surface area contributed by atoms with Gasteiger partial charge in [0.1, 0.15) is 10.6 Å². The van der Waals surface area contributed by atoms with Gasteiger partial charge in [-0.25, -0.2) is 13.2 Å². The number of nitrogens with one attached hydrogen (secondary N) is 1. The van der Waals surface area contributed by atoms with Gasteiger partial charge in [0.25, 0.3) is 0 Å². The number of aromatic carboxylic acids is 1. The fraction of sp³-hybridized carbons (Fsp3) is 0.346. The highest BCUT2D eigenvalue weighted by molar-refractivity contribution is 7.89. The quantitative estimate of drug-likeness (QED) is 0.417. The van der Waals surface area contributed by atoms with Crippen LogP contribution in [-0.2, 0) is 19.6 Å². The summed E-state index contributed by atoms with van der Waals surface area (Å²) in [4.78, 5) is 24.2. The van der Waals surface area contributed by atoms with Crippen LogP contribution in [0, 0.1) is 12.8 Å². The topological polar surface area (TPSA) is 140 Å². The molecule has 1 saturated heterocycles. The number of morpholine rings is 1. The number of hydrogen-bond donors (Lipinski definition) is 2. The van der Waals surface area contributed by atoms with Gasteiger partial charge in [0, 0.05) is 30.3 Å². The number of amides is 1. The SMILES string of the molecule is CC[C@@H](C)C(=O)Nc1ccc(Oc2c(C)c(C(=O)O)nn2-c2ccccc2)c(S(=O)(=O)N2CCOCC2)c1. The molecule has 0 bridgehead atoms. The van der Waals surface area contributed by atoms with E-state index in [1.807, 2.05) is 6.92 Å². The molecule has 2 heterocycles. The van der Waals surface area contributed by atoms with E-state index in [1.165, 1.54) is 21.1 Å². The van der Waals surface area contributed by atoms with Gasteiger partial charge in [0.05, 0.1) is 18.9 Å². The van der Waals surface area contributed by atoms with E-state index in [4.69, 9.17) is 9.47 Å². The zero-order valence-electron chi connectivity index (χ0n) is 21.4. The highest BCUT2D eigenvalue weighted by Gasteiger charge is 2.31. The minimum atomic E-state index is -4.07. The first-order valence-electron chi connectivity index (χ1n) is 12.2. The molecule has 12 heteroatoms. The first kappa shape index (κ1) is 27.3. The van der Waals surface area contributed by atoms with E-state index in [-0.39, 0.29) is 65.9 Å². The molecule has 0 radical (unpaired) electrons. The molecule has 1 aliphatic rings. The molecule has 2 N–H and O–H groups in total. The monoisotopic (exact) mass is 542 g/mol. The van der Waals surface area contributed by atoms with E-state index in [0.29, 0.717) is 17.8 Å². The average molecular weight is 543 g/mol. The van der Waals surface area contributed by atoms with Crippen LogP contribution in [0.25, 0.3) is 5.69 Å². The van der Waals surface area contributed by atoms with Crippen molar-refractivity contribution in [3.05, 3.63) is 59.8 Å². The highest BCUT2D eigenvalue weighted by Crippen LogP contribution is 2.36. The third kappa shape index (κ3) is 5.57. The van der Waals surface area contributed by atoms with Crippen molar-refractivity contribution in [3.8, 4) is 17.3 Å². The first-order chi connectivity index (χ1) is 18.1. The molecule has 2 aromatic carbocycles. The van der Waals surface area contributed by atoms with Crippen molar-refractivity contribution in [1.82, 2.24) is 14.1 Å². The van der Waals surface area contributed by atoms with Crippen LogP contribution in [0.5, 0.6) is 11.6 Å². The van der Waals surface area contributed by atoms with E-state index in [0.717, 1.165) is 0 Å². The average Bonchev–Trinajstić information content (AvgIpc) is 3.25. The molecule has 1 atom stereocenters. The van der Waals surface area contributed by atoms with Crippen molar-refractivity contribution in [1.29, 1.82) is 0 Å². The minimum absolute atomic E-state index is 0.0323. The maximum absolute atomic E-state index is 13.7. The summed E-state index contributed by atoms with van der Waals surface area (Å²) < 4.78 is 41.6. The zero-order chi connectivity index (χ0) is 27.4. The maximum Gasteiger partial charge on any atom is 0.356 e. The van der Waals surface area contributed by atoms with E-state index in [1.54, 1.807) is 50.2 Å². The molecule has 0 spiro atoms. The second-order valence-electron chi connectivity index (χ2n) is 8.91. The van der Waals surface area contributed by atoms with Crippen molar-refractivity contribution < 1.29 is 32.6 Å². The summed E-state index contributed by atoms with van der Waals surface area (Å²) >= 11 is 0. The Morgan fingerprint density at radius 3 is 2.47 bits per heavy atom. The third-order valence-corrected chi connectivity index (χ3v) is 8.26. The van der Waals surface area contributed by atoms with Crippen molar-refractivity contribution >= 4 is 27.6 Å². The Hall–Kier alpha value is -3.74. The number of sulfonamides is 1. The summed E-state index contributed by atoms with van der Waals surface area (Å²) in [6.07, 6.45) is 0.626. The molecule has 0 unspecified atom stereocenters. The number of ether oxygens (including phenoxy) is 2. The Labute approximate surface area is 221 Å². The summed E-state index contributed by atoms with van der Waals surface area (Å²) in [7, 11) is -4.07. The summed E-state index contributed by atoms with van der Waals surface area (Å²) in [6.45, 7) is 6.04. The number of para-hydroxylation sites is 1. The molecule has 0 aliphatic carbocycles. The lowest BCUT2D eigenvalue weighted by atomic mass is 10.1. The predicted molar refractivity (Wildman–Crippen MR) is 139 cm³/mol. The number of hydrogen-bond acceptors (Lipinski definition) is 7. The molecular formula is C26H30N4O7S. The smallest absolute Gasteiger partial charge is 0.356 e. The van der Waals surface area contributed by atoms with E-state index < -0.39 is 16.0 Å². The Morgan fingerprint density at radius 1 is 1.16 bits per heavy atom. The van der Waals surface area contributed by atoms with Crippen molar-refractivity contribution in [2.24, 2.45) is 5.92 Å². The van der Waals surface area contributed by atoms with Crippen molar-refractivity contribution in [3.63, 3.8) is 0 Å². The largest absolute Gasteiger partial charge is 0.476 e. The summed E-state index contributed by atoms with van der Waals surface area (Å²) in [5, 5.41) is 16.6. The third-order valence-electron chi connectivity index (χ3n) is 6.34. The number of carboxylic acids is 1. The van der Waals surface area contributed by atoms with Gasteiger partial charge in [-0.05, 0) is 43.7 Å². The van der Waals surface area contributed by atoms with Gasteiger partial charge in [0.2, 0.25) is 21.8 Å². The molecule has 38 heavy (non-hydrogen) atoms. The molecule has 1 amide bonds. The van der Waals surface area contributed by atoms with Gasteiger partial charge in [-0.15, -0.1) is 0 Å². The molecule has 0 saturated carbocycles. The second kappa shape index (κ2) is 11.3. The number of carbonyl (C=O) groups is 2. The Morgan fingerprint density at radius 2 is 1.84 bits per heavy atom. The molecule has 1 aromatic heterocycles. The number of benzene rings is 2. The number of carbonyl (C=O) groups excluding carboxylic acids is 1. The molecular weight excluding hydrogens is 512 g/mol. The van der Waals surface area contributed by atoms with Gasteiger partial charge in [-0.3, -0.25) is 4.79 Å². The summed E-state index contributed by atoms with van der Waals surface area (Å²) in [6, 6.07) is 13.1. The number of anilines is 1. The number of carboxylic acid groups (broad SMARTS) is 1. The molecule has 1 fully saturated rings. The number of nitrogens with zero attached hydrogens (tertiary/aromatic N) is 3. The number of rotatable bonds is 9. The predicted octanol–water partition coefficient (Wildman–Crippen LogP) is 3.68. The second-order valence-corrected chi connectivity index (χ2v) is 10.8. The van der Waals surface area contributed by atoms with Gasteiger partial charge in [-0.1, -0.05) is 32.0 Å². The fourth-order valence-corrected chi connectivity index (χ4v) is 5.45. The maximum atomic E-state index is 13.7. The minimum Gasteiger partial charge on any atom is -0.476 e. The lowest BCUT2D eigenvalue weighted by molar-refractivity contribution is -0.119. The van der Waals surface area contributed by atoms with Crippen LogP contribution in [0.3, 0.4) is 0 Å². The number of aromatic nitrogens is 2. The highest BCUT2D eigenvalue weighted by atomic mass is 32.2. The van der Waals surface area contributed by atoms with Crippen LogP contribution in [0.4, 0.5) is 5.69 Å². The first-order valence-corrected chi connectivity index (χ1v) is 13.7. The summed E-state index contributed by atoms with van der Waals surface area (Å²) in [5.74, 6) is -1.72. The van der Waals surface area contributed by atoms with E-state index in [2.05, 4.69) is 10.4 Å². The molecule has 3 aromatic rings. The molecule has 1 aliphatic heterocycles. The molecule has 11 nitrogen and oxygen atoms in total. The standard InChI is InChI=1S/C26H30N4O7S/c1-4-17(2)24(31)27-19-10-11-21(22(16-19)38(34,35)29-12-14-36-15-13-29)37-25-18(3)23(26(32)33)28-30(25)20-8-6-5-7-9-20/h5-11,16-17H,4,12-15H2,1-3H3,(H,27,31)(H,32,33)/t17-/m1/s1. The lowest BCUT2D eigenvalue weighted by Gasteiger charge is -2.27.